The molecule has 0 radical (unpaired) electrons. The summed E-state index contributed by atoms with van der Waals surface area (Å²) in [7, 11) is 0. The number of hydrogen-bond donors (Lipinski definition) is 2. The molecule has 2 aliphatic rings. The highest BCUT2D eigenvalue weighted by Gasteiger charge is 2.27. The number of nitrogens with one attached hydrogen (secondary N) is 1. The van der Waals surface area contributed by atoms with Gasteiger partial charge in [-0.15, -0.1) is 0 Å². The van der Waals surface area contributed by atoms with Gasteiger partial charge in [0, 0.05) is 45.4 Å². The van der Waals surface area contributed by atoms with Crippen molar-refractivity contribution in [2.75, 3.05) is 32.8 Å². The molecule has 6 heteroatoms. The molecule has 0 aliphatic carbocycles. The number of aromatic hydroxyl groups is 1. The third-order valence-corrected chi connectivity index (χ3v) is 5.45. The first-order valence-corrected chi connectivity index (χ1v) is 10.3. The van der Waals surface area contributed by atoms with Crippen molar-refractivity contribution < 1.29 is 14.6 Å². The van der Waals surface area contributed by atoms with Gasteiger partial charge >= 0.3 is 6.03 Å². The summed E-state index contributed by atoms with van der Waals surface area (Å²) >= 11 is 0. The number of amides is 2. The zero-order valence-electron chi connectivity index (χ0n) is 16.4. The number of urea groups is 1. The summed E-state index contributed by atoms with van der Waals surface area (Å²) in [6, 6.07) is 7.75. The van der Waals surface area contributed by atoms with Crippen molar-refractivity contribution in [2.45, 2.75) is 57.7 Å². The van der Waals surface area contributed by atoms with Crippen LogP contribution in [0.5, 0.6) is 5.75 Å². The lowest BCUT2D eigenvalue weighted by Gasteiger charge is -2.36. The molecular weight excluding hydrogens is 342 g/mol. The van der Waals surface area contributed by atoms with Gasteiger partial charge in [0.2, 0.25) is 0 Å². The van der Waals surface area contributed by atoms with Gasteiger partial charge in [0.1, 0.15) is 5.75 Å². The topological polar surface area (TPSA) is 65.0 Å². The maximum absolute atomic E-state index is 12.6. The lowest BCUT2D eigenvalue weighted by atomic mass is 10.0. The van der Waals surface area contributed by atoms with Crippen LogP contribution in [-0.4, -0.2) is 65.9 Å². The minimum atomic E-state index is 0.0613. The third kappa shape index (κ3) is 6.11. The average molecular weight is 376 g/mol. The second-order valence-corrected chi connectivity index (χ2v) is 7.75. The number of likely N-dealkylation sites (tertiary alicyclic amines) is 2. The number of carbonyl (C=O) groups is 1. The van der Waals surface area contributed by atoms with Gasteiger partial charge in [-0.3, -0.25) is 4.90 Å². The van der Waals surface area contributed by atoms with Crippen LogP contribution >= 0.6 is 0 Å². The molecule has 0 bridgehead atoms. The van der Waals surface area contributed by atoms with Crippen molar-refractivity contribution in [2.24, 2.45) is 0 Å². The van der Waals surface area contributed by atoms with Crippen LogP contribution in [0.25, 0.3) is 0 Å². The van der Waals surface area contributed by atoms with Crippen molar-refractivity contribution in [3.63, 3.8) is 0 Å². The molecule has 2 heterocycles. The summed E-state index contributed by atoms with van der Waals surface area (Å²) in [5.41, 5.74) is 1.13. The molecule has 150 valence electrons. The number of piperidine rings is 2. The van der Waals surface area contributed by atoms with Crippen molar-refractivity contribution in [1.29, 1.82) is 0 Å². The molecule has 3 rings (SSSR count). The van der Waals surface area contributed by atoms with Crippen LogP contribution < -0.4 is 5.32 Å². The molecule has 0 unspecified atom stereocenters. The maximum atomic E-state index is 12.6. The summed E-state index contributed by atoms with van der Waals surface area (Å²) in [6.45, 7) is 7.19. The van der Waals surface area contributed by atoms with E-state index in [1.807, 2.05) is 23.1 Å². The van der Waals surface area contributed by atoms with Crippen LogP contribution in [-0.2, 0) is 11.3 Å². The second-order valence-electron chi connectivity index (χ2n) is 7.75. The van der Waals surface area contributed by atoms with E-state index in [0.29, 0.717) is 12.3 Å². The Kier molecular flexibility index (Phi) is 7.35. The van der Waals surface area contributed by atoms with Crippen LogP contribution in [0.4, 0.5) is 4.79 Å². The number of benzene rings is 1. The monoisotopic (exact) mass is 375 g/mol. The fourth-order valence-electron chi connectivity index (χ4n) is 3.96. The van der Waals surface area contributed by atoms with Gasteiger partial charge in [0.15, 0.2) is 0 Å². The Balaban J connectivity index is 1.40. The van der Waals surface area contributed by atoms with Gasteiger partial charge < -0.3 is 20.1 Å². The number of hydrogen-bond acceptors (Lipinski definition) is 4. The van der Waals surface area contributed by atoms with Gasteiger partial charge in [0.05, 0.1) is 6.10 Å². The van der Waals surface area contributed by atoms with Crippen molar-refractivity contribution >= 4 is 6.03 Å². The van der Waals surface area contributed by atoms with Crippen LogP contribution in [0.3, 0.4) is 0 Å². The lowest BCUT2D eigenvalue weighted by Crippen LogP contribution is -2.52. The van der Waals surface area contributed by atoms with E-state index >= 15 is 0 Å². The summed E-state index contributed by atoms with van der Waals surface area (Å²) in [5, 5.41) is 12.8. The largest absolute Gasteiger partial charge is 0.508 e. The van der Waals surface area contributed by atoms with E-state index in [1.54, 1.807) is 6.07 Å². The van der Waals surface area contributed by atoms with E-state index in [9.17, 15) is 9.90 Å². The smallest absolute Gasteiger partial charge is 0.317 e. The second kappa shape index (κ2) is 9.95. The first kappa shape index (κ1) is 20.0. The SMILES string of the molecule is CCCO[C@@H]1CCCN(C(=O)NC2CCN(Cc3cccc(O)c3)CC2)C1. The normalized spacial score (nSPS) is 22.0. The lowest BCUT2D eigenvalue weighted by molar-refractivity contribution is 0.00947. The summed E-state index contributed by atoms with van der Waals surface area (Å²) < 4.78 is 5.84. The Labute approximate surface area is 162 Å². The van der Waals surface area contributed by atoms with E-state index in [0.717, 1.165) is 70.5 Å². The molecule has 1 aromatic carbocycles. The molecule has 0 aromatic heterocycles. The zero-order chi connectivity index (χ0) is 19.1. The van der Waals surface area contributed by atoms with E-state index in [1.165, 1.54) is 0 Å². The van der Waals surface area contributed by atoms with Crippen LogP contribution in [0.2, 0.25) is 0 Å². The molecule has 2 amide bonds. The highest BCUT2D eigenvalue weighted by Crippen LogP contribution is 2.18. The van der Waals surface area contributed by atoms with Crippen molar-refractivity contribution in [3.8, 4) is 5.75 Å². The minimum Gasteiger partial charge on any atom is -0.508 e. The summed E-state index contributed by atoms with van der Waals surface area (Å²) in [6.07, 6.45) is 5.21. The molecule has 6 nitrogen and oxygen atoms in total. The number of nitrogens with zero attached hydrogens (tertiary/aromatic N) is 2. The highest BCUT2D eigenvalue weighted by atomic mass is 16.5. The zero-order valence-corrected chi connectivity index (χ0v) is 16.4. The molecule has 2 aliphatic heterocycles. The summed E-state index contributed by atoms with van der Waals surface area (Å²) in [5.74, 6) is 0.317. The fourth-order valence-corrected chi connectivity index (χ4v) is 3.96. The molecule has 2 fully saturated rings. The number of phenols is 1. The minimum absolute atomic E-state index is 0.0613. The Morgan fingerprint density at radius 1 is 1.26 bits per heavy atom. The first-order valence-electron chi connectivity index (χ1n) is 10.3. The molecule has 1 aromatic rings. The number of rotatable bonds is 6. The van der Waals surface area contributed by atoms with Gasteiger partial charge in [-0.2, -0.15) is 0 Å². The van der Waals surface area contributed by atoms with Crippen molar-refractivity contribution in [3.05, 3.63) is 29.8 Å². The predicted octanol–water partition coefficient (Wildman–Crippen LogP) is 2.96. The third-order valence-electron chi connectivity index (χ3n) is 5.45. The van der Waals surface area contributed by atoms with Gasteiger partial charge in [-0.05, 0) is 49.8 Å². The Bertz CT molecular complexity index is 602. The molecular formula is C21H33N3O3. The van der Waals surface area contributed by atoms with E-state index < -0.39 is 0 Å². The standard InChI is InChI=1S/C21H33N3O3/c1-2-13-27-20-7-4-10-24(16-20)21(26)22-18-8-11-23(12-9-18)15-17-5-3-6-19(25)14-17/h3,5-6,14,18,20,25H,2,4,7-13,15-16H2,1H3,(H,22,26)/t20-/m1/s1. The Hall–Kier alpha value is -1.79. The van der Waals surface area contributed by atoms with Crippen LogP contribution in [0, 0.1) is 0 Å². The number of phenolic OH excluding ortho intramolecular Hbond substituents is 1. The van der Waals surface area contributed by atoms with Gasteiger partial charge in [0.25, 0.3) is 0 Å². The first-order chi connectivity index (χ1) is 13.1. The molecule has 1 atom stereocenters. The number of ether oxygens (including phenoxy) is 1. The van der Waals surface area contributed by atoms with Crippen LogP contribution in [0.15, 0.2) is 24.3 Å². The average Bonchev–Trinajstić information content (AvgIpc) is 2.68. The van der Waals surface area contributed by atoms with E-state index in [-0.39, 0.29) is 18.2 Å². The Morgan fingerprint density at radius 3 is 2.81 bits per heavy atom. The fraction of sp³-hybridized carbons (Fsp3) is 0.667. The molecule has 2 N–H and O–H groups in total. The molecule has 0 saturated carbocycles. The summed E-state index contributed by atoms with van der Waals surface area (Å²) in [4.78, 5) is 16.9. The molecule has 0 spiro atoms. The van der Waals surface area contributed by atoms with Gasteiger partial charge in [-0.1, -0.05) is 19.1 Å². The maximum Gasteiger partial charge on any atom is 0.317 e. The Morgan fingerprint density at radius 2 is 2.07 bits per heavy atom. The van der Waals surface area contributed by atoms with E-state index in [2.05, 4.69) is 17.1 Å². The highest BCUT2D eigenvalue weighted by molar-refractivity contribution is 5.74. The van der Waals surface area contributed by atoms with Crippen LogP contribution in [0.1, 0.15) is 44.6 Å². The van der Waals surface area contributed by atoms with E-state index in [4.69, 9.17) is 4.74 Å². The number of carbonyl (C=O) groups excluding carboxylic acids is 1. The molecule has 27 heavy (non-hydrogen) atoms. The predicted molar refractivity (Wildman–Crippen MR) is 106 cm³/mol. The van der Waals surface area contributed by atoms with Crippen molar-refractivity contribution in [1.82, 2.24) is 15.1 Å². The quantitative estimate of drug-likeness (QED) is 0.802. The molecule has 2 saturated heterocycles. The van der Waals surface area contributed by atoms with Gasteiger partial charge in [-0.25, -0.2) is 4.79 Å².